The van der Waals surface area contributed by atoms with E-state index >= 15 is 0 Å². The molecule has 0 aliphatic carbocycles. The molecule has 0 aliphatic rings. The molecule has 2 rings (SSSR count). The van der Waals surface area contributed by atoms with E-state index in [9.17, 15) is 4.79 Å². The number of carbonyl (C=O) groups excluding carboxylic acids is 1. The summed E-state index contributed by atoms with van der Waals surface area (Å²) in [5.41, 5.74) is 8.12. The van der Waals surface area contributed by atoms with Gasteiger partial charge in [-0.25, -0.2) is 0 Å². The molecule has 0 saturated heterocycles. The molecule has 0 aromatic heterocycles. The lowest BCUT2D eigenvalue weighted by molar-refractivity contribution is 0.102. The van der Waals surface area contributed by atoms with Crippen LogP contribution in [0.4, 0.5) is 5.69 Å². The molecule has 21 heavy (non-hydrogen) atoms. The second kappa shape index (κ2) is 6.94. The van der Waals surface area contributed by atoms with Crippen LogP contribution in [0.3, 0.4) is 0 Å². The van der Waals surface area contributed by atoms with Crippen LogP contribution in [0.25, 0.3) is 0 Å². The number of rotatable bonds is 2. The standard InChI is InChI=1S/C17H15ClN2O/c1-12-8-9-15(18)16(11-12)20-17(21)14-7-3-2-5-13(14)6-4-10-19/h2-3,5,7-9,11H,10,19H2,1H3,(H,20,21). The molecule has 2 aromatic carbocycles. The fraction of sp³-hybridized carbons (Fsp3) is 0.118. The van der Waals surface area contributed by atoms with Gasteiger partial charge in [0.25, 0.3) is 5.91 Å². The van der Waals surface area contributed by atoms with Crippen molar-refractivity contribution in [3.8, 4) is 11.8 Å². The quantitative estimate of drug-likeness (QED) is 0.837. The average molecular weight is 299 g/mol. The minimum atomic E-state index is -0.246. The van der Waals surface area contributed by atoms with E-state index in [1.165, 1.54) is 0 Å². The van der Waals surface area contributed by atoms with Crippen LogP contribution in [0, 0.1) is 18.8 Å². The van der Waals surface area contributed by atoms with Gasteiger partial charge in [-0.3, -0.25) is 4.79 Å². The van der Waals surface area contributed by atoms with Crippen LogP contribution in [0.15, 0.2) is 42.5 Å². The molecule has 0 saturated carbocycles. The minimum absolute atomic E-state index is 0.246. The van der Waals surface area contributed by atoms with Crippen LogP contribution in [-0.4, -0.2) is 12.5 Å². The molecule has 0 spiro atoms. The van der Waals surface area contributed by atoms with Gasteiger partial charge in [-0.1, -0.05) is 41.6 Å². The number of hydrogen-bond acceptors (Lipinski definition) is 2. The van der Waals surface area contributed by atoms with Crippen LogP contribution in [0.2, 0.25) is 5.02 Å². The number of benzene rings is 2. The molecule has 2 aromatic rings. The summed E-state index contributed by atoms with van der Waals surface area (Å²) in [7, 11) is 0. The third kappa shape index (κ3) is 3.85. The number of amides is 1. The van der Waals surface area contributed by atoms with Gasteiger partial charge in [0.1, 0.15) is 0 Å². The van der Waals surface area contributed by atoms with Crippen molar-refractivity contribution in [2.75, 3.05) is 11.9 Å². The van der Waals surface area contributed by atoms with Gasteiger partial charge >= 0.3 is 0 Å². The third-order valence-electron chi connectivity index (χ3n) is 2.87. The van der Waals surface area contributed by atoms with E-state index in [1.807, 2.05) is 25.1 Å². The Hall–Kier alpha value is -2.28. The monoisotopic (exact) mass is 298 g/mol. The summed E-state index contributed by atoms with van der Waals surface area (Å²) in [4.78, 5) is 12.4. The first-order valence-electron chi connectivity index (χ1n) is 6.47. The first-order valence-corrected chi connectivity index (χ1v) is 6.85. The SMILES string of the molecule is Cc1ccc(Cl)c(NC(=O)c2ccccc2C#CCN)c1. The molecular weight excluding hydrogens is 284 g/mol. The molecule has 4 heteroatoms. The molecule has 0 unspecified atom stereocenters. The number of nitrogens with two attached hydrogens (primary N) is 1. The maximum absolute atomic E-state index is 12.4. The molecule has 0 atom stereocenters. The Kier molecular flexibility index (Phi) is 4.99. The van der Waals surface area contributed by atoms with Crippen molar-refractivity contribution in [3.05, 3.63) is 64.2 Å². The van der Waals surface area contributed by atoms with Crippen molar-refractivity contribution in [1.82, 2.24) is 0 Å². The van der Waals surface area contributed by atoms with E-state index < -0.39 is 0 Å². The number of nitrogens with one attached hydrogen (secondary N) is 1. The summed E-state index contributed by atoms with van der Waals surface area (Å²) in [6, 6.07) is 12.6. The maximum Gasteiger partial charge on any atom is 0.256 e. The van der Waals surface area contributed by atoms with E-state index in [4.69, 9.17) is 17.3 Å². The van der Waals surface area contributed by atoms with Crippen LogP contribution < -0.4 is 11.1 Å². The van der Waals surface area contributed by atoms with Crippen molar-refractivity contribution in [2.45, 2.75) is 6.92 Å². The second-order valence-electron chi connectivity index (χ2n) is 4.49. The molecule has 0 aliphatic heterocycles. The Balaban J connectivity index is 2.31. The molecule has 0 heterocycles. The predicted octanol–water partition coefficient (Wildman–Crippen LogP) is 3.21. The Bertz CT molecular complexity index is 729. The maximum atomic E-state index is 12.4. The average Bonchev–Trinajstić information content (AvgIpc) is 2.49. The predicted molar refractivity (Wildman–Crippen MR) is 86.5 cm³/mol. The molecule has 0 fully saturated rings. The van der Waals surface area contributed by atoms with Crippen molar-refractivity contribution >= 4 is 23.2 Å². The number of aryl methyl sites for hydroxylation is 1. The minimum Gasteiger partial charge on any atom is -0.321 e. The normalized spacial score (nSPS) is 9.67. The van der Waals surface area contributed by atoms with Gasteiger partial charge in [-0.15, -0.1) is 0 Å². The Labute approximate surface area is 129 Å². The highest BCUT2D eigenvalue weighted by Gasteiger charge is 2.11. The second-order valence-corrected chi connectivity index (χ2v) is 4.90. The molecule has 3 nitrogen and oxygen atoms in total. The molecular formula is C17H15ClN2O. The number of carbonyl (C=O) groups is 1. The first kappa shape index (κ1) is 15.1. The van der Waals surface area contributed by atoms with Gasteiger partial charge in [-0.05, 0) is 36.8 Å². The van der Waals surface area contributed by atoms with Crippen molar-refractivity contribution < 1.29 is 4.79 Å². The molecule has 0 radical (unpaired) electrons. The van der Waals surface area contributed by atoms with Crippen LogP contribution in [0.5, 0.6) is 0 Å². The molecule has 3 N–H and O–H groups in total. The molecule has 106 valence electrons. The summed E-state index contributed by atoms with van der Waals surface area (Å²) in [6.45, 7) is 2.19. The van der Waals surface area contributed by atoms with Crippen molar-refractivity contribution in [1.29, 1.82) is 0 Å². The van der Waals surface area contributed by atoms with E-state index in [1.54, 1.807) is 24.3 Å². The summed E-state index contributed by atoms with van der Waals surface area (Å²) < 4.78 is 0. The van der Waals surface area contributed by atoms with E-state index in [0.29, 0.717) is 21.8 Å². The third-order valence-corrected chi connectivity index (χ3v) is 3.20. The zero-order valence-electron chi connectivity index (χ0n) is 11.6. The summed E-state index contributed by atoms with van der Waals surface area (Å²) in [5.74, 6) is 5.41. The lowest BCUT2D eigenvalue weighted by atomic mass is 10.1. The molecule has 1 amide bonds. The van der Waals surface area contributed by atoms with E-state index in [2.05, 4.69) is 17.2 Å². The highest BCUT2D eigenvalue weighted by molar-refractivity contribution is 6.34. The van der Waals surface area contributed by atoms with Gasteiger partial charge in [0.2, 0.25) is 0 Å². The first-order chi connectivity index (χ1) is 10.1. The summed E-state index contributed by atoms with van der Waals surface area (Å²) in [5, 5.41) is 3.31. The summed E-state index contributed by atoms with van der Waals surface area (Å²) >= 11 is 6.09. The largest absolute Gasteiger partial charge is 0.321 e. The van der Waals surface area contributed by atoms with Crippen LogP contribution in [0.1, 0.15) is 21.5 Å². The van der Waals surface area contributed by atoms with Gasteiger partial charge in [0.05, 0.1) is 22.8 Å². The van der Waals surface area contributed by atoms with Crippen molar-refractivity contribution in [3.63, 3.8) is 0 Å². The Morgan fingerprint density at radius 1 is 1.29 bits per heavy atom. The van der Waals surface area contributed by atoms with Gasteiger partial charge in [-0.2, -0.15) is 0 Å². The van der Waals surface area contributed by atoms with Crippen LogP contribution in [-0.2, 0) is 0 Å². The summed E-state index contributed by atoms with van der Waals surface area (Å²) in [6.07, 6.45) is 0. The van der Waals surface area contributed by atoms with E-state index in [0.717, 1.165) is 5.56 Å². The lowest BCUT2D eigenvalue weighted by Crippen LogP contribution is -2.14. The van der Waals surface area contributed by atoms with Crippen molar-refractivity contribution in [2.24, 2.45) is 5.73 Å². The number of hydrogen-bond donors (Lipinski definition) is 2. The number of halogens is 1. The zero-order valence-corrected chi connectivity index (χ0v) is 12.4. The zero-order chi connectivity index (χ0) is 15.2. The van der Waals surface area contributed by atoms with Crippen LogP contribution >= 0.6 is 11.6 Å². The Morgan fingerprint density at radius 3 is 2.81 bits per heavy atom. The highest BCUT2D eigenvalue weighted by atomic mass is 35.5. The van der Waals surface area contributed by atoms with Gasteiger partial charge < -0.3 is 11.1 Å². The lowest BCUT2D eigenvalue weighted by Gasteiger charge is -2.09. The molecule has 0 bridgehead atoms. The van der Waals surface area contributed by atoms with Gasteiger partial charge in [0.15, 0.2) is 0 Å². The fourth-order valence-corrected chi connectivity index (χ4v) is 2.03. The smallest absolute Gasteiger partial charge is 0.256 e. The Morgan fingerprint density at radius 2 is 2.05 bits per heavy atom. The van der Waals surface area contributed by atoms with E-state index in [-0.39, 0.29) is 12.5 Å². The fourth-order valence-electron chi connectivity index (χ4n) is 1.86. The highest BCUT2D eigenvalue weighted by Crippen LogP contribution is 2.23. The van der Waals surface area contributed by atoms with Gasteiger partial charge in [0, 0.05) is 5.56 Å². The topological polar surface area (TPSA) is 55.1 Å². The number of anilines is 1.